The first-order chi connectivity index (χ1) is 5.52. The Labute approximate surface area is 73.7 Å². The van der Waals surface area contributed by atoms with E-state index in [1.165, 1.54) is 19.3 Å². The van der Waals surface area contributed by atoms with Gasteiger partial charge in [0.05, 0.1) is 5.41 Å². The van der Waals surface area contributed by atoms with Crippen molar-refractivity contribution in [1.29, 1.82) is 0 Å². The number of hydrogen-bond acceptors (Lipinski definition) is 2. The Kier molecular flexibility index (Phi) is 2.73. The van der Waals surface area contributed by atoms with Crippen molar-refractivity contribution in [3.63, 3.8) is 0 Å². The molecule has 1 saturated carbocycles. The number of hydrogen-bond donors (Lipinski definition) is 2. The third-order valence-corrected chi connectivity index (χ3v) is 2.60. The van der Waals surface area contributed by atoms with Gasteiger partial charge in [0.15, 0.2) is 0 Å². The van der Waals surface area contributed by atoms with Crippen molar-refractivity contribution >= 4 is 5.91 Å². The van der Waals surface area contributed by atoms with Crippen LogP contribution < -0.4 is 11.1 Å². The van der Waals surface area contributed by atoms with Gasteiger partial charge in [0, 0.05) is 12.6 Å². The van der Waals surface area contributed by atoms with E-state index in [1.54, 1.807) is 0 Å². The molecule has 0 radical (unpaired) electrons. The van der Waals surface area contributed by atoms with Gasteiger partial charge in [0.1, 0.15) is 0 Å². The molecule has 3 N–H and O–H groups in total. The topological polar surface area (TPSA) is 55.1 Å². The molecule has 0 atom stereocenters. The second kappa shape index (κ2) is 3.44. The van der Waals surface area contributed by atoms with Crippen molar-refractivity contribution in [2.45, 2.75) is 39.2 Å². The molecule has 3 nitrogen and oxygen atoms in total. The van der Waals surface area contributed by atoms with Crippen molar-refractivity contribution in [2.75, 3.05) is 6.54 Å². The molecule has 0 aromatic heterocycles. The number of nitrogens with one attached hydrogen (secondary N) is 1. The molecule has 70 valence electrons. The molecule has 0 aromatic carbocycles. The molecular weight excluding hydrogens is 152 g/mol. The van der Waals surface area contributed by atoms with Crippen LogP contribution in [0, 0.1) is 5.41 Å². The highest BCUT2D eigenvalue weighted by Gasteiger charge is 2.27. The lowest BCUT2D eigenvalue weighted by Gasteiger charge is -2.30. The molecule has 1 rings (SSSR count). The van der Waals surface area contributed by atoms with Crippen molar-refractivity contribution in [1.82, 2.24) is 5.32 Å². The van der Waals surface area contributed by atoms with Crippen LogP contribution >= 0.6 is 0 Å². The zero-order valence-electron chi connectivity index (χ0n) is 7.89. The Morgan fingerprint density at radius 1 is 1.58 bits per heavy atom. The molecule has 3 heteroatoms. The second-order valence-corrected chi connectivity index (χ2v) is 4.26. The molecule has 1 amide bonds. The fourth-order valence-corrected chi connectivity index (χ4v) is 1.10. The largest absolute Gasteiger partial charge is 0.369 e. The van der Waals surface area contributed by atoms with E-state index in [1.807, 2.05) is 13.8 Å². The van der Waals surface area contributed by atoms with Gasteiger partial charge in [-0.15, -0.1) is 0 Å². The number of carbonyl (C=O) groups excluding carboxylic acids is 1. The van der Waals surface area contributed by atoms with E-state index < -0.39 is 5.41 Å². The van der Waals surface area contributed by atoms with Crippen LogP contribution in [0.3, 0.4) is 0 Å². The Morgan fingerprint density at radius 3 is 2.50 bits per heavy atom. The van der Waals surface area contributed by atoms with E-state index in [2.05, 4.69) is 5.32 Å². The van der Waals surface area contributed by atoms with Gasteiger partial charge in [0.25, 0.3) is 0 Å². The van der Waals surface area contributed by atoms with Crippen LogP contribution in [0.1, 0.15) is 33.1 Å². The van der Waals surface area contributed by atoms with Crippen LogP contribution in [0.5, 0.6) is 0 Å². The van der Waals surface area contributed by atoms with Crippen molar-refractivity contribution < 1.29 is 4.79 Å². The highest BCUT2D eigenvalue weighted by atomic mass is 16.1. The summed E-state index contributed by atoms with van der Waals surface area (Å²) in [5, 5.41) is 3.34. The highest BCUT2D eigenvalue weighted by molar-refractivity contribution is 5.80. The van der Waals surface area contributed by atoms with Crippen LogP contribution in [0.25, 0.3) is 0 Å². The third kappa shape index (κ3) is 2.21. The lowest BCUT2D eigenvalue weighted by molar-refractivity contribution is -0.125. The number of amides is 1. The first-order valence-corrected chi connectivity index (χ1v) is 4.56. The molecule has 0 aromatic rings. The second-order valence-electron chi connectivity index (χ2n) is 4.26. The van der Waals surface area contributed by atoms with Gasteiger partial charge in [-0.3, -0.25) is 4.79 Å². The molecule has 0 heterocycles. The van der Waals surface area contributed by atoms with Gasteiger partial charge >= 0.3 is 0 Å². The first kappa shape index (κ1) is 9.52. The molecule has 0 bridgehead atoms. The number of rotatable bonds is 4. The molecule has 1 aliphatic carbocycles. The molecule has 0 unspecified atom stereocenters. The maximum atomic E-state index is 10.9. The van der Waals surface area contributed by atoms with E-state index in [9.17, 15) is 4.79 Å². The molecule has 0 saturated heterocycles. The standard InChI is InChI=1S/C9H18N2O/c1-9(2,8(10)12)6-11-7-4-3-5-7/h7,11H,3-6H2,1-2H3,(H2,10,12). The first-order valence-electron chi connectivity index (χ1n) is 4.56. The molecule has 1 aliphatic rings. The monoisotopic (exact) mass is 170 g/mol. The molecule has 12 heavy (non-hydrogen) atoms. The van der Waals surface area contributed by atoms with E-state index >= 15 is 0 Å². The summed E-state index contributed by atoms with van der Waals surface area (Å²) in [7, 11) is 0. The normalized spacial score (nSPS) is 18.8. The smallest absolute Gasteiger partial charge is 0.224 e. The molecule has 0 spiro atoms. The van der Waals surface area contributed by atoms with E-state index in [4.69, 9.17) is 5.73 Å². The summed E-state index contributed by atoms with van der Waals surface area (Å²) in [5.74, 6) is -0.227. The van der Waals surface area contributed by atoms with Gasteiger partial charge < -0.3 is 11.1 Å². The van der Waals surface area contributed by atoms with Gasteiger partial charge in [-0.2, -0.15) is 0 Å². The zero-order chi connectivity index (χ0) is 9.19. The van der Waals surface area contributed by atoms with Gasteiger partial charge in [-0.05, 0) is 26.7 Å². The number of carbonyl (C=O) groups is 1. The third-order valence-electron chi connectivity index (χ3n) is 2.60. The summed E-state index contributed by atoms with van der Waals surface area (Å²) < 4.78 is 0. The molecule has 1 fully saturated rings. The average molecular weight is 170 g/mol. The highest BCUT2D eigenvalue weighted by Crippen LogP contribution is 2.20. The maximum absolute atomic E-state index is 10.9. The Morgan fingerprint density at radius 2 is 2.17 bits per heavy atom. The quantitative estimate of drug-likeness (QED) is 0.650. The summed E-state index contributed by atoms with van der Waals surface area (Å²) in [6.45, 7) is 4.45. The van der Waals surface area contributed by atoms with Crippen LogP contribution in [0.2, 0.25) is 0 Å². The van der Waals surface area contributed by atoms with Crippen LogP contribution in [-0.2, 0) is 4.79 Å². The molecule has 0 aliphatic heterocycles. The maximum Gasteiger partial charge on any atom is 0.224 e. The van der Waals surface area contributed by atoms with Crippen molar-refractivity contribution in [3.05, 3.63) is 0 Å². The van der Waals surface area contributed by atoms with Gasteiger partial charge in [-0.25, -0.2) is 0 Å². The predicted octanol–water partition coefficient (Wildman–Crippen LogP) is 0.640. The van der Waals surface area contributed by atoms with E-state index in [0.29, 0.717) is 12.6 Å². The fourth-order valence-electron chi connectivity index (χ4n) is 1.10. The SMILES string of the molecule is CC(C)(CNC1CCC1)C(N)=O. The summed E-state index contributed by atoms with van der Waals surface area (Å²) >= 11 is 0. The van der Waals surface area contributed by atoms with Crippen LogP contribution in [0.4, 0.5) is 0 Å². The van der Waals surface area contributed by atoms with E-state index in [0.717, 1.165) is 0 Å². The minimum atomic E-state index is -0.407. The number of primary amides is 1. The van der Waals surface area contributed by atoms with Crippen molar-refractivity contribution in [3.8, 4) is 0 Å². The lowest BCUT2D eigenvalue weighted by Crippen LogP contribution is -2.45. The van der Waals surface area contributed by atoms with Crippen LogP contribution in [-0.4, -0.2) is 18.5 Å². The Balaban J connectivity index is 2.24. The Bertz CT molecular complexity index is 173. The number of nitrogens with two attached hydrogens (primary N) is 1. The van der Waals surface area contributed by atoms with Gasteiger partial charge in [-0.1, -0.05) is 6.42 Å². The van der Waals surface area contributed by atoms with E-state index in [-0.39, 0.29) is 5.91 Å². The minimum Gasteiger partial charge on any atom is -0.369 e. The summed E-state index contributed by atoms with van der Waals surface area (Å²) in [5.41, 5.74) is 4.83. The lowest BCUT2D eigenvalue weighted by atomic mass is 9.89. The average Bonchev–Trinajstić information content (AvgIpc) is 1.83. The summed E-state index contributed by atoms with van der Waals surface area (Å²) in [4.78, 5) is 10.9. The summed E-state index contributed by atoms with van der Waals surface area (Å²) in [6.07, 6.45) is 3.80. The van der Waals surface area contributed by atoms with Crippen LogP contribution in [0.15, 0.2) is 0 Å². The fraction of sp³-hybridized carbons (Fsp3) is 0.889. The summed E-state index contributed by atoms with van der Waals surface area (Å²) in [6, 6.07) is 0.628. The van der Waals surface area contributed by atoms with Crippen molar-refractivity contribution in [2.24, 2.45) is 11.1 Å². The molecular formula is C9H18N2O. The predicted molar refractivity (Wildman–Crippen MR) is 48.6 cm³/mol. The Hall–Kier alpha value is -0.570. The van der Waals surface area contributed by atoms with Gasteiger partial charge in [0.2, 0.25) is 5.91 Å². The zero-order valence-corrected chi connectivity index (χ0v) is 7.89. The minimum absolute atomic E-state index is 0.227.